The van der Waals surface area contributed by atoms with Crippen LogP contribution in [0.3, 0.4) is 0 Å². The van der Waals surface area contributed by atoms with Gasteiger partial charge in [-0.15, -0.1) is 10.2 Å². The average Bonchev–Trinajstić information content (AvgIpc) is 3.26. The molecule has 8 heteroatoms. The first kappa shape index (κ1) is 19.8. The fourth-order valence-electron chi connectivity index (χ4n) is 3.66. The summed E-state index contributed by atoms with van der Waals surface area (Å²) in [6.07, 6.45) is 1.38. The van der Waals surface area contributed by atoms with Crippen LogP contribution in [0.5, 0.6) is 0 Å². The summed E-state index contributed by atoms with van der Waals surface area (Å²) in [5, 5.41) is 12.4. The van der Waals surface area contributed by atoms with E-state index in [0.717, 1.165) is 23.1 Å². The molecule has 0 saturated carbocycles. The quantitative estimate of drug-likeness (QED) is 0.604. The van der Waals surface area contributed by atoms with E-state index in [1.54, 1.807) is 0 Å². The summed E-state index contributed by atoms with van der Waals surface area (Å²) in [5.41, 5.74) is 4.13. The lowest BCUT2D eigenvalue weighted by atomic mass is 9.94. The third-order valence-electron chi connectivity index (χ3n) is 5.39. The molecule has 0 spiro atoms. The summed E-state index contributed by atoms with van der Waals surface area (Å²) < 4.78 is 4.93. The zero-order valence-corrected chi connectivity index (χ0v) is 17.0. The Bertz CT molecular complexity index is 1060. The highest BCUT2D eigenvalue weighted by Gasteiger charge is 2.35. The number of carbonyl (C=O) groups is 2. The standard InChI is InChI=1S/C22H23N5O3/c1-3-15-8-10-16(11-9-15)21-23-25-27(24-21)14-20(28)26-13-18-7-5-4-6-17(18)12-19(26)22(29)30-2/h4-11,19H,3,12-14H2,1-2H3/t19-/m0/s1. The van der Waals surface area contributed by atoms with Crippen LogP contribution in [0.2, 0.25) is 0 Å². The van der Waals surface area contributed by atoms with Crippen molar-refractivity contribution in [1.29, 1.82) is 0 Å². The summed E-state index contributed by atoms with van der Waals surface area (Å²) in [4.78, 5) is 28.1. The van der Waals surface area contributed by atoms with Gasteiger partial charge in [0.1, 0.15) is 12.6 Å². The molecule has 1 aliphatic rings. The molecule has 1 aliphatic heterocycles. The molecule has 8 nitrogen and oxygen atoms in total. The highest BCUT2D eigenvalue weighted by atomic mass is 16.5. The summed E-state index contributed by atoms with van der Waals surface area (Å²) in [7, 11) is 1.33. The van der Waals surface area contributed by atoms with Crippen molar-refractivity contribution in [3.8, 4) is 11.4 Å². The van der Waals surface area contributed by atoms with Crippen LogP contribution in [-0.2, 0) is 40.3 Å². The second kappa shape index (κ2) is 8.44. The molecule has 3 aromatic rings. The fraction of sp³-hybridized carbons (Fsp3) is 0.318. The van der Waals surface area contributed by atoms with Gasteiger partial charge in [-0.05, 0) is 28.3 Å². The van der Waals surface area contributed by atoms with Gasteiger partial charge in [0.15, 0.2) is 0 Å². The van der Waals surface area contributed by atoms with E-state index >= 15 is 0 Å². The Balaban J connectivity index is 1.52. The largest absolute Gasteiger partial charge is 0.467 e. The number of methoxy groups -OCH3 is 1. The van der Waals surface area contributed by atoms with Crippen LogP contribution in [0.4, 0.5) is 0 Å². The molecule has 2 aromatic carbocycles. The van der Waals surface area contributed by atoms with Gasteiger partial charge < -0.3 is 9.64 Å². The van der Waals surface area contributed by atoms with Gasteiger partial charge in [0.2, 0.25) is 11.7 Å². The SMILES string of the molecule is CCc1ccc(-c2nnn(CC(=O)N3Cc4ccccc4C[C@H]3C(=O)OC)n2)cc1. The third-order valence-corrected chi connectivity index (χ3v) is 5.39. The van der Waals surface area contributed by atoms with E-state index in [9.17, 15) is 9.59 Å². The van der Waals surface area contributed by atoms with E-state index in [2.05, 4.69) is 22.3 Å². The number of tetrazole rings is 1. The van der Waals surface area contributed by atoms with Gasteiger partial charge in [-0.3, -0.25) is 4.79 Å². The van der Waals surface area contributed by atoms with E-state index in [4.69, 9.17) is 4.74 Å². The summed E-state index contributed by atoms with van der Waals surface area (Å²) in [5.74, 6) is -0.231. The van der Waals surface area contributed by atoms with E-state index in [-0.39, 0.29) is 12.5 Å². The molecule has 154 valence electrons. The summed E-state index contributed by atoms with van der Waals surface area (Å²) >= 11 is 0. The summed E-state index contributed by atoms with van der Waals surface area (Å²) in [6.45, 7) is 2.33. The van der Waals surface area contributed by atoms with Crippen LogP contribution in [-0.4, -0.2) is 50.1 Å². The van der Waals surface area contributed by atoms with E-state index in [0.29, 0.717) is 18.8 Å². The predicted molar refractivity (Wildman–Crippen MR) is 109 cm³/mol. The number of rotatable bonds is 5. The zero-order valence-electron chi connectivity index (χ0n) is 17.0. The molecule has 1 amide bonds. The maximum absolute atomic E-state index is 13.0. The molecule has 0 fully saturated rings. The van der Waals surface area contributed by atoms with Gasteiger partial charge in [0.05, 0.1) is 7.11 Å². The van der Waals surface area contributed by atoms with Crippen molar-refractivity contribution >= 4 is 11.9 Å². The van der Waals surface area contributed by atoms with Crippen molar-refractivity contribution in [1.82, 2.24) is 25.1 Å². The molecule has 0 radical (unpaired) electrons. The third kappa shape index (κ3) is 3.94. The highest BCUT2D eigenvalue weighted by Crippen LogP contribution is 2.24. The second-order valence-corrected chi connectivity index (χ2v) is 7.23. The topological polar surface area (TPSA) is 90.2 Å². The van der Waals surface area contributed by atoms with Crippen molar-refractivity contribution in [2.24, 2.45) is 0 Å². The van der Waals surface area contributed by atoms with E-state index in [1.165, 1.54) is 22.4 Å². The molecule has 0 unspecified atom stereocenters. The lowest BCUT2D eigenvalue weighted by molar-refractivity contribution is -0.154. The molecular weight excluding hydrogens is 382 g/mol. The lowest BCUT2D eigenvalue weighted by Gasteiger charge is -2.35. The van der Waals surface area contributed by atoms with Crippen LogP contribution in [0.1, 0.15) is 23.6 Å². The Morgan fingerprint density at radius 1 is 1.10 bits per heavy atom. The smallest absolute Gasteiger partial charge is 0.328 e. The Morgan fingerprint density at radius 2 is 1.83 bits per heavy atom. The molecular formula is C22H23N5O3. The van der Waals surface area contributed by atoms with Gasteiger partial charge in [-0.2, -0.15) is 4.80 Å². The van der Waals surface area contributed by atoms with Crippen molar-refractivity contribution in [2.75, 3.05) is 7.11 Å². The molecule has 30 heavy (non-hydrogen) atoms. The lowest BCUT2D eigenvalue weighted by Crippen LogP contribution is -2.50. The maximum atomic E-state index is 13.0. The van der Waals surface area contributed by atoms with Crippen LogP contribution in [0.25, 0.3) is 11.4 Å². The predicted octanol–water partition coefficient (Wildman–Crippen LogP) is 2.03. The van der Waals surface area contributed by atoms with Crippen molar-refractivity contribution in [2.45, 2.75) is 38.9 Å². The van der Waals surface area contributed by atoms with E-state index in [1.807, 2.05) is 48.5 Å². The first-order valence-corrected chi connectivity index (χ1v) is 9.90. The van der Waals surface area contributed by atoms with Gasteiger partial charge in [-0.1, -0.05) is 55.5 Å². The minimum atomic E-state index is -0.665. The molecule has 1 atom stereocenters. The number of esters is 1. The van der Waals surface area contributed by atoms with Crippen LogP contribution >= 0.6 is 0 Å². The average molecular weight is 405 g/mol. The Kier molecular flexibility index (Phi) is 5.56. The number of nitrogens with zero attached hydrogens (tertiary/aromatic N) is 5. The number of fused-ring (bicyclic) bond motifs is 1. The minimum Gasteiger partial charge on any atom is -0.467 e. The normalized spacial score (nSPS) is 15.5. The number of aryl methyl sites for hydroxylation is 1. The van der Waals surface area contributed by atoms with Crippen LogP contribution in [0.15, 0.2) is 48.5 Å². The Morgan fingerprint density at radius 3 is 2.53 bits per heavy atom. The maximum Gasteiger partial charge on any atom is 0.328 e. The van der Waals surface area contributed by atoms with Gasteiger partial charge >= 0.3 is 5.97 Å². The van der Waals surface area contributed by atoms with E-state index < -0.39 is 12.0 Å². The number of carbonyl (C=O) groups excluding carboxylic acids is 2. The Labute approximate surface area is 174 Å². The fourth-order valence-corrected chi connectivity index (χ4v) is 3.66. The number of hydrogen-bond acceptors (Lipinski definition) is 6. The van der Waals surface area contributed by atoms with Gasteiger partial charge in [-0.25, -0.2) is 4.79 Å². The molecule has 0 saturated heterocycles. The molecule has 0 aliphatic carbocycles. The second-order valence-electron chi connectivity index (χ2n) is 7.23. The minimum absolute atomic E-state index is 0.101. The number of benzene rings is 2. The van der Waals surface area contributed by atoms with Gasteiger partial charge in [0.25, 0.3) is 0 Å². The highest BCUT2D eigenvalue weighted by molar-refractivity contribution is 5.85. The number of aromatic nitrogens is 4. The molecule has 1 aromatic heterocycles. The Hall–Kier alpha value is -3.55. The van der Waals surface area contributed by atoms with Crippen LogP contribution < -0.4 is 0 Å². The van der Waals surface area contributed by atoms with Crippen molar-refractivity contribution in [3.05, 3.63) is 65.2 Å². The molecule has 4 rings (SSSR count). The first-order chi connectivity index (χ1) is 14.6. The van der Waals surface area contributed by atoms with Crippen molar-refractivity contribution < 1.29 is 14.3 Å². The molecule has 0 N–H and O–H groups in total. The number of amides is 1. The molecule has 0 bridgehead atoms. The zero-order chi connectivity index (χ0) is 21.1. The van der Waals surface area contributed by atoms with Gasteiger partial charge in [0, 0.05) is 18.5 Å². The monoisotopic (exact) mass is 405 g/mol. The first-order valence-electron chi connectivity index (χ1n) is 9.90. The summed E-state index contributed by atoms with van der Waals surface area (Å²) in [6, 6.07) is 15.1. The number of hydrogen-bond donors (Lipinski definition) is 0. The van der Waals surface area contributed by atoms with Crippen LogP contribution in [0, 0.1) is 0 Å². The van der Waals surface area contributed by atoms with Crippen molar-refractivity contribution in [3.63, 3.8) is 0 Å². The number of ether oxygens (including phenoxy) is 1. The molecule has 2 heterocycles.